The molecule has 3 amide bonds. The zero-order valence-electron chi connectivity index (χ0n) is 13.8. The van der Waals surface area contributed by atoms with E-state index in [9.17, 15) is 9.59 Å². The van der Waals surface area contributed by atoms with Crippen molar-refractivity contribution in [2.24, 2.45) is 0 Å². The molecule has 0 aromatic heterocycles. The van der Waals surface area contributed by atoms with Gasteiger partial charge in [-0.25, -0.2) is 4.79 Å². The molecule has 1 aliphatic heterocycles. The van der Waals surface area contributed by atoms with Crippen LogP contribution in [0.2, 0.25) is 0 Å². The van der Waals surface area contributed by atoms with Crippen LogP contribution in [0.1, 0.15) is 12.5 Å². The van der Waals surface area contributed by atoms with Crippen LogP contribution in [0.25, 0.3) is 0 Å². The first-order valence-electron chi connectivity index (χ1n) is 8.24. The van der Waals surface area contributed by atoms with E-state index < -0.39 is 0 Å². The van der Waals surface area contributed by atoms with E-state index in [1.807, 2.05) is 35.2 Å². The van der Waals surface area contributed by atoms with E-state index in [-0.39, 0.29) is 11.9 Å². The monoisotopic (exact) mass is 318 g/mol. The lowest BCUT2D eigenvalue weighted by molar-refractivity contribution is -0.120. The highest BCUT2D eigenvalue weighted by atomic mass is 16.2. The van der Waals surface area contributed by atoms with Crippen molar-refractivity contribution in [1.82, 2.24) is 20.4 Å². The van der Waals surface area contributed by atoms with Crippen molar-refractivity contribution in [3.63, 3.8) is 0 Å². The molecule has 1 saturated heterocycles. The quantitative estimate of drug-likeness (QED) is 0.759. The molecule has 1 aliphatic rings. The van der Waals surface area contributed by atoms with Crippen molar-refractivity contribution in [1.29, 1.82) is 0 Å². The Kier molecular flexibility index (Phi) is 6.87. The van der Waals surface area contributed by atoms with Crippen molar-refractivity contribution in [2.45, 2.75) is 13.3 Å². The summed E-state index contributed by atoms with van der Waals surface area (Å²) in [7, 11) is 0. The average Bonchev–Trinajstić information content (AvgIpc) is 2.59. The maximum absolute atomic E-state index is 12.0. The van der Waals surface area contributed by atoms with E-state index in [4.69, 9.17) is 0 Å². The number of nitrogens with zero attached hydrogens (tertiary/aromatic N) is 2. The molecular formula is C17H26N4O2. The third-order valence-corrected chi connectivity index (χ3v) is 4.04. The van der Waals surface area contributed by atoms with Gasteiger partial charge in [-0.05, 0) is 12.1 Å². The zero-order valence-corrected chi connectivity index (χ0v) is 13.8. The summed E-state index contributed by atoms with van der Waals surface area (Å²) in [4.78, 5) is 28.0. The Morgan fingerprint density at radius 2 is 1.65 bits per heavy atom. The number of hydrogen-bond acceptors (Lipinski definition) is 3. The van der Waals surface area contributed by atoms with Crippen LogP contribution in [0.5, 0.6) is 0 Å². The molecule has 2 rings (SSSR count). The van der Waals surface area contributed by atoms with Gasteiger partial charge in [0.2, 0.25) is 5.91 Å². The molecule has 0 atom stereocenters. The predicted molar refractivity (Wildman–Crippen MR) is 90.2 cm³/mol. The van der Waals surface area contributed by atoms with Crippen LogP contribution in [0.3, 0.4) is 0 Å². The van der Waals surface area contributed by atoms with Gasteiger partial charge in [-0.1, -0.05) is 37.3 Å². The summed E-state index contributed by atoms with van der Waals surface area (Å²) in [5, 5.41) is 5.68. The first-order valence-corrected chi connectivity index (χ1v) is 8.24. The summed E-state index contributed by atoms with van der Waals surface area (Å²) in [6.45, 7) is 7.45. The number of benzene rings is 1. The molecule has 0 aliphatic carbocycles. The summed E-state index contributed by atoms with van der Waals surface area (Å²) >= 11 is 0. The van der Waals surface area contributed by atoms with Gasteiger partial charge >= 0.3 is 6.03 Å². The van der Waals surface area contributed by atoms with Gasteiger partial charge in [-0.2, -0.15) is 0 Å². The molecule has 0 saturated carbocycles. The molecule has 1 aromatic carbocycles. The number of amides is 3. The molecule has 0 spiro atoms. The van der Waals surface area contributed by atoms with Crippen LogP contribution in [0, 0.1) is 0 Å². The first kappa shape index (κ1) is 17.3. The minimum absolute atomic E-state index is 0.0259. The molecule has 23 heavy (non-hydrogen) atoms. The fraction of sp³-hybridized carbons (Fsp3) is 0.529. The predicted octanol–water partition coefficient (Wildman–Crippen LogP) is 0.692. The van der Waals surface area contributed by atoms with Crippen LogP contribution >= 0.6 is 0 Å². The maximum Gasteiger partial charge on any atom is 0.317 e. The molecule has 6 nitrogen and oxygen atoms in total. The van der Waals surface area contributed by atoms with E-state index in [0.29, 0.717) is 19.5 Å². The lowest BCUT2D eigenvalue weighted by Gasteiger charge is -2.34. The van der Waals surface area contributed by atoms with Crippen molar-refractivity contribution < 1.29 is 9.59 Å². The van der Waals surface area contributed by atoms with E-state index in [0.717, 1.165) is 38.3 Å². The van der Waals surface area contributed by atoms with E-state index in [1.165, 1.54) is 0 Å². The minimum Gasteiger partial charge on any atom is -0.354 e. The molecule has 0 radical (unpaired) electrons. The highest BCUT2D eigenvalue weighted by Crippen LogP contribution is 2.01. The summed E-state index contributed by atoms with van der Waals surface area (Å²) in [5.41, 5.74) is 0.989. The fourth-order valence-corrected chi connectivity index (χ4v) is 2.59. The Bertz CT molecular complexity index is 499. The third kappa shape index (κ3) is 5.90. The number of hydrogen-bond donors (Lipinski definition) is 2. The second kappa shape index (κ2) is 9.15. The number of carbonyl (C=O) groups is 2. The first-order chi connectivity index (χ1) is 11.2. The van der Waals surface area contributed by atoms with Crippen molar-refractivity contribution >= 4 is 11.9 Å². The highest BCUT2D eigenvalue weighted by Gasteiger charge is 2.19. The normalized spacial score (nSPS) is 15.3. The number of likely N-dealkylation sites (N-methyl/N-ethyl adjacent to an activating group) is 1. The van der Waals surface area contributed by atoms with Gasteiger partial charge in [0.1, 0.15) is 0 Å². The molecule has 1 heterocycles. The van der Waals surface area contributed by atoms with Crippen molar-refractivity contribution in [3.8, 4) is 0 Å². The van der Waals surface area contributed by atoms with Gasteiger partial charge in [-0.3, -0.25) is 4.79 Å². The van der Waals surface area contributed by atoms with Crippen LogP contribution in [-0.4, -0.2) is 67.6 Å². The van der Waals surface area contributed by atoms with E-state index in [1.54, 1.807) is 0 Å². The number of urea groups is 1. The third-order valence-electron chi connectivity index (χ3n) is 4.04. The SMILES string of the molecule is CCN1CCN(C(=O)NCCNC(=O)Cc2ccccc2)CC1. The lowest BCUT2D eigenvalue weighted by Crippen LogP contribution is -2.52. The van der Waals surface area contributed by atoms with Gasteiger partial charge in [0.15, 0.2) is 0 Å². The van der Waals surface area contributed by atoms with Crippen LogP contribution < -0.4 is 10.6 Å². The summed E-state index contributed by atoms with van der Waals surface area (Å²) in [6, 6.07) is 9.58. The summed E-state index contributed by atoms with van der Waals surface area (Å²) < 4.78 is 0. The lowest BCUT2D eigenvalue weighted by atomic mass is 10.1. The van der Waals surface area contributed by atoms with Crippen LogP contribution in [0.15, 0.2) is 30.3 Å². The van der Waals surface area contributed by atoms with Crippen molar-refractivity contribution in [2.75, 3.05) is 45.8 Å². The van der Waals surface area contributed by atoms with Gasteiger partial charge in [-0.15, -0.1) is 0 Å². The Morgan fingerprint density at radius 1 is 1.00 bits per heavy atom. The Balaban J connectivity index is 1.58. The molecule has 126 valence electrons. The smallest absolute Gasteiger partial charge is 0.317 e. The van der Waals surface area contributed by atoms with E-state index in [2.05, 4.69) is 22.5 Å². The zero-order chi connectivity index (χ0) is 16.5. The van der Waals surface area contributed by atoms with Gasteiger partial charge < -0.3 is 20.4 Å². The van der Waals surface area contributed by atoms with Gasteiger partial charge in [0, 0.05) is 39.3 Å². The topological polar surface area (TPSA) is 64.7 Å². The molecule has 0 bridgehead atoms. The number of nitrogens with one attached hydrogen (secondary N) is 2. The maximum atomic E-state index is 12.0. The molecule has 2 N–H and O–H groups in total. The van der Waals surface area contributed by atoms with Gasteiger partial charge in [0.25, 0.3) is 0 Å². The van der Waals surface area contributed by atoms with Crippen LogP contribution in [-0.2, 0) is 11.2 Å². The number of carbonyl (C=O) groups excluding carboxylic acids is 2. The number of rotatable bonds is 6. The Hall–Kier alpha value is -2.08. The molecule has 0 unspecified atom stereocenters. The fourth-order valence-electron chi connectivity index (χ4n) is 2.59. The molecule has 1 aromatic rings. The largest absolute Gasteiger partial charge is 0.354 e. The summed E-state index contributed by atoms with van der Waals surface area (Å²) in [5.74, 6) is -0.0259. The average molecular weight is 318 g/mol. The minimum atomic E-state index is -0.0435. The highest BCUT2D eigenvalue weighted by molar-refractivity contribution is 5.78. The van der Waals surface area contributed by atoms with E-state index >= 15 is 0 Å². The molecule has 1 fully saturated rings. The second-order valence-electron chi connectivity index (χ2n) is 5.67. The number of piperazine rings is 1. The Labute approximate surface area is 137 Å². The van der Waals surface area contributed by atoms with Crippen LogP contribution in [0.4, 0.5) is 4.79 Å². The van der Waals surface area contributed by atoms with Crippen molar-refractivity contribution in [3.05, 3.63) is 35.9 Å². The second-order valence-corrected chi connectivity index (χ2v) is 5.67. The summed E-state index contributed by atoms with van der Waals surface area (Å²) in [6.07, 6.45) is 0.369. The molecule has 6 heteroatoms. The Morgan fingerprint density at radius 3 is 2.30 bits per heavy atom. The van der Waals surface area contributed by atoms with Gasteiger partial charge in [0.05, 0.1) is 6.42 Å². The standard InChI is InChI=1S/C17H26N4O2/c1-2-20-10-12-21(13-11-20)17(23)19-9-8-18-16(22)14-15-6-4-3-5-7-15/h3-7H,2,8-14H2,1H3,(H,18,22)(H,19,23). The molecular weight excluding hydrogens is 292 g/mol.